The first-order valence-corrected chi connectivity index (χ1v) is 9.09. The van der Waals surface area contributed by atoms with Crippen LogP contribution in [0.15, 0.2) is 10.4 Å². The molecule has 0 bridgehead atoms. The second-order valence-corrected chi connectivity index (χ2v) is 7.05. The maximum absolute atomic E-state index is 4.58. The normalized spacial score (nSPS) is 22.5. The lowest BCUT2D eigenvalue weighted by atomic mass is 9.84. The van der Waals surface area contributed by atoms with Crippen LogP contribution in [0.2, 0.25) is 0 Å². The van der Waals surface area contributed by atoms with Crippen LogP contribution >= 0.6 is 11.3 Å². The van der Waals surface area contributed by atoms with Gasteiger partial charge in [0.25, 0.3) is 0 Å². The van der Waals surface area contributed by atoms with Crippen molar-refractivity contribution >= 4 is 22.4 Å². The first-order chi connectivity index (χ1) is 10.6. The summed E-state index contributed by atoms with van der Waals surface area (Å²) in [4.78, 5) is 11.0. The van der Waals surface area contributed by atoms with E-state index < -0.39 is 0 Å². The Bertz CT molecular complexity index is 475. The largest absolute Gasteiger partial charge is 0.354 e. The van der Waals surface area contributed by atoms with Gasteiger partial charge in [0.2, 0.25) is 0 Å². The van der Waals surface area contributed by atoms with Crippen LogP contribution in [-0.4, -0.2) is 38.1 Å². The number of rotatable bonds is 5. The zero-order valence-corrected chi connectivity index (χ0v) is 15.0. The molecule has 0 aromatic carbocycles. The lowest BCUT2D eigenvalue weighted by Gasteiger charge is -2.29. The first-order valence-electron chi connectivity index (χ1n) is 8.21. The van der Waals surface area contributed by atoms with E-state index in [9.17, 15) is 0 Å². The third-order valence-corrected chi connectivity index (χ3v) is 5.40. The predicted molar refractivity (Wildman–Crippen MR) is 95.8 cm³/mol. The molecule has 0 atom stereocenters. The zero-order chi connectivity index (χ0) is 15.9. The molecule has 6 heteroatoms. The van der Waals surface area contributed by atoms with Crippen molar-refractivity contribution in [1.82, 2.24) is 15.6 Å². The Morgan fingerprint density at radius 1 is 1.36 bits per heavy atom. The number of hydrogen-bond donors (Lipinski definition) is 2. The van der Waals surface area contributed by atoms with Crippen molar-refractivity contribution in [3.05, 3.63) is 11.1 Å². The van der Waals surface area contributed by atoms with Crippen molar-refractivity contribution in [1.29, 1.82) is 0 Å². The van der Waals surface area contributed by atoms with Gasteiger partial charge in [-0.2, -0.15) is 0 Å². The van der Waals surface area contributed by atoms with Gasteiger partial charge in [-0.25, -0.2) is 4.98 Å². The summed E-state index contributed by atoms with van der Waals surface area (Å²) >= 11 is 1.67. The molecule has 0 spiro atoms. The summed E-state index contributed by atoms with van der Waals surface area (Å²) < 4.78 is 0. The monoisotopic (exact) mass is 323 g/mol. The minimum Gasteiger partial charge on any atom is -0.354 e. The van der Waals surface area contributed by atoms with Crippen molar-refractivity contribution in [3.63, 3.8) is 0 Å². The third-order valence-electron chi connectivity index (χ3n) is 4.35. The lowest BCUT2D eigenvalue weighted by molar-refractivity contribution is 0.304. The van der Waals surface area contributed by atoms with Gasteiger partial charge in [-0.05, 0) is 31.6 Å². The van der Waals surface area contributed by atoms with E-state index in [2.05, 4.69) is 32.9 Å². The quantitative estimate of drug-likeness (QED) is 0.646. The molecule has 124 valence electrons. The van der Waals surface area contributed by atoms with E-state index in [-0.39, 0.29) is 0 Å². The summed E-state index contributed by atoms with van der Waals surface area (Å²) in [6, 6.07) is 0.557. The molecule has 1 fully saturated rings. The van der Waals surface area contributed by atoms with Gasteiger partial charge >= 0.3 is 0 Å². The molecular weight excluding hydrogens is 294 g/mol. The lowest BCUT2D eigenvalue weighted by Crippen LogP contribution is -2.44. The number of guanidine groups is 1. The molecular formula is C16H29N5S. The van der Waals surface area contributed by atoms with Crippen LogP contribution < -0.4 is 15.5 Å². The summed E-state index contributed by atoms with van der Waals surface area (Å²) in [6.45, 7) is 3.02. The molecule has 1 aliphatic carbocycles. The highest BCUT2D eigenvalue weighted by atomic mass is 32.1. The van der Waals surface area contributed by atoms with Gasteiger partial charge in [0.1, 0.15) is 0 Å². The van der Waals surface area contributed by atoms with Crippen LogP contribution in [0.3, 0.4) is 0 Å². The average Bonchev–Trinajstić information content (AvgIpc) is 3.01. The van der Waals surface area contributed by atoms with Crippen LogP contribution in [0, 0.1) is 5.92 Å². The fourth-order valence-corrected chi connectivity index (χ4v) is 3.62. The van der Waals surface area contributed by atoms with Crippen LogP contribution in [0.5, 0.6) is 0 Å². The third kappa shape index (κ3) is 4.87. The van der Waals surface area contributed by atoms with E-state index in [1.54, 1.807) is 11.3 Å². The molecule has 0 radical (unpaired) electrons. The molecule has 1 aliphatic rings. The topological polar surface area (TPSA) is 52.6 Å². The Morgan fingerprint density at radius 2 is 2.09 bits per heavy atom. The number of nitrogens with zero attached hydrogens (tertiary/aromatic N) is 3. The molecule has 2 N–H and O–H groups in total. The maximum atomic E-state index is 4.58. The van der Waals surface area contributed by atoms with Crippen molar-refractivity contribution in [2.24, 2.45) is 10.9 Å². The maximum Gasteiger partial charge on any atom is 0.191 e. The minimum absolute atomic E-state index is 0.557. The number of nitrogens with one attached hydrogen (secondary N) is 2. The highest BCUT2D eigenvalue weighted by molar-refractivity contribution is 7.13. The number of thiazole rings is 1. The smallest absolute Gasteiger partial charge is 0.191 e. The molecule has 1 aromatic rings. The van der Waals surface area contributed by atoms with Gasteiger partial charge in [-0.1, -0.05) is 13.3 Å². The zero-order valence-electron chi connectivity index (χ0n) is 14.2. The molecule has 0 unspecified atom stereocenters. The van der Waals surface area contributed by atoms with Crippen molar-refractivity contribution < 1.29 is 0 Å². The summed E-state index contributed by atoms with van der Waals surface area (Å²) in [5.74, 6) is 1.81. The fraction of sp³-hybridized carbons (Fsp3) is 0.750. The van der Waals surface area contributed by atoms with Gasteiger partial charge in [-0.3, -0.25) is 4.99 Å². The highest BCUT2D eigenvalue weighted by Gasteiger charge is 2.20. The van der Waals surface area contributed by atoms with Crippen LogP contribution in [0.4, 0.5) is 5.13 Å². The molecule has 1 aromatic heterocycles. The predicted octanol–water partition coefficient (Wildman–Crippen LogP) is 2.84. The second kappa shape index (κ2) is 8.36. The molecule has 2 rings (SSSR count). The number of aliphatic imine (C=N–C) groups is 1. The average molecular weight is 324 g/mol. The summed E-state index contributed by atoms with van der Waals surface area (Å²) in [6.07, 6.45) is 6.49. The fourth-order valence-electron chi connectivity index (χ4n) is 2.86. The van der Waals surface area contributed by atoms with Gasteiger partial charge in [0, 0.05) is 32.6 Å². The Hall–Kier alpha value is -1.30. The molecule has 5 nitrogen and oxygen atoms in total. The standard InChI is InChI=1S/C16H29N5S/c1-5-12-6-8-13(9-7-12)19-15(17-2)18-10-14-11-22-16(20-14)21(3)4/h11-13H,5-10H2,1-4H3,(H2,17,18,19). The van der Waals surface area contributed by atoms with E-state index in [1.165, 1.54) is 32.1 Å². The summed E-state index contributed by atoms with van der Waals surface area (Å²) in [5, 5.41) is 10.1. The van der Waals surface area contributed by atoms with Crippen molar-refractivity contribution in [2.45, 2.75) is 51.6 Å². The molecule has 0 amide bonds. The molecule has 1 saturated carbocycles. The molecule has 0 aliphatic heterocycles. The molecule has 1 heterocycles. The number of hydrogen-bond acceptors (Lipinski definition) is 4. The van der Waals surface area contributed by atoms with Crippen molar-refractivity contribution in [2.75, 3.05) is 26.0 Å². The van der Waals surface area contributed by atoms with E-state index in [1.807, 2.05) is 26.0 Å². The van der Waals surface area contributed by atoms with Crippen LogP contribution in [0.25, 0.3) is 0 Å². The van der Waals surface area contributed by atoms with Crippen LogP contribution in [-0.2, 0) is 6.54 Å². The minimum atomic E-state index is 0.557. The summed E-state index contributed by atoms with van der Waals surface area (Å²) in [7, 11) is 5.87. The van der Waals surface area contributed by atoms with Crippen molar-refractivity contribution in [3.8, 4) is 0 Å². The Morgan fingerprint density at radius 3 is 2.64 bits per heavy atom. The number of aromatic nitrogens is 1. The van der Waals surface area contributed by atoms with Crippen LogP contribution in [0.1, 0.15) is 44.7 Å². The molecule has 0 saturated heterocycles. The van der Waals surface area contributed by atoms with E-state index in [0.29, 0.717) is 12.6 Å². The Balaban J connectivity index is 1.77. The summed E-state index contributed by atoms with van der Waals surface area (Å²) in [5.41, 5.74) is 1.06. The second-order valence-electron chi connectivity index (χ2n) is 6.21. The first kappa shape index (κ1) is 17.1. The highest BCUT2D eigenvalue weighted by Crippen LogP contribution is 2.26. The van der Waals surface area contributed by atoms with E-state index in [4.69, 9.17) is 0 Å². The van der Waals surface area contributed by atoms with Gasteiger partial charge in [0.15, 0.2) is 11.1 Å². The Labute approximate surface area is 138 Å². The van der Waals surface area contributed by atoms with E-state index >= 15 is 0 Å². The SMILES string of the molecule is CCC1CCC(NC(=NC)NCc2csc(N(C)C)n2)CC1. The van der Waals surface area contributed by atoms with Gasteiger partial charge < -0.3 is 15.5 Å². The van der Waals surface area contributed by atoms with E-state index in [0.717, 1.165) is 22.7 Å². The van der Waals surface area contributed by atoms with Gasteiger partial charge in [0.05, 0.1) is 12.2 Å². The number of anilines is 1. The Kier molecular flexibility index (Phi) is 6.49. The molecule has 22 heavy (non-hydrogen) atoms. The van der Waals surface area contributed by atoms with Gasteiger partial charge in [-0.15, -0.1) is 11.3 Å².